The molecular weight excluding hydrogens is 431 g/mol. The first-order valence-corrected chi connectivity index (χ1v) is 11.4. The van der Waals surface area contributed by atoms with Gasteiger partial charge in [-0.3, -0.25) is 9.59 Å². The Balaban J connectivity index is 1.82. The number of rotatable bonds is 8. The third-order valence-corrected chi connectivity index (χ3v) is 6.35. The Morgan fingerprint density at radius 2 is 1.91 bits per heavy atom. The first-order chi connectivity index (χ1) is 15.4. The summed E-state index contributed by atoms with van der Waals surface area (Å²) in [5.74, 6) is -0.447. The molecule has 172 valence electrons. The second-order valence-corrected chi connectivity index (χ2v) is 8.68. The van der Waals surface area contributed by atoms with Crippen molar-refractivity contribution >= 4 is 23.4 Å². The van der Waals surface area contributed by atoms with Gasteiger partial charge < -0.3 is 15.0 Å². The lowest BCUT2D eigenvalue weighted by Crippen LogP contribution is -2.50. The minimum atomic E-state index is -0.721. The van der Waals surface area contributed by atoms with E-state index in [2.05, 4.69) is 5.32 Å². The molecule has 32 heavy (non-hydrogen) atoms. The maximum Gasteiger partial charge on any atom is 0.242 e. The number of carbonyl (C=O) groups excluding carboxylic acids is 2. The van der Waals surface area contributed by atoms with Crippen LogP contribution in [0, 0.1) is 5.82 Å². The van der Waals surface area contributed by atoms with Crippen molar-refractivity contribution in [2.24, 2.45) is 0 Å². The lowest BCUT2D eigenvalue weighted by atomic mass is 9.95. The van der Waals surface area contributed by atoms with Gasteiger partial charge in [0.15, 0.2) is 0 Å². The number of carbonyl (C=O) groups is 2. The Morgan fingerprint density at radius 3 is 2.59 bits per heavy atom. The molecule has 5 nitrogen and oxygen atoms in total. The first kappa shape index (κ1) is 24.1. The van der Waals surface area contributed by atoms with Crippen molar-refractivity contribution in [3.63, 3.8) is 0 Å². The molecule has 2 aromatic carbocycles. The van der Waals surface area contributed by atoms with E-state index in [-0.39, 0.29) is 41.4 Å². The van der Waals surface area contributed by atoms with Gasteiger partial charge in [0.25, 0.3) is 0 Å². The summed E-state index contributed by atoms with van der Waals surface area (Å²) in [5, 5.41) is 3.28. The molecule has 1 aliphatic carbocycles. The van der Waals surface area contributed by atoms with Crippen LogP contribution in [-0.4, -0.2) is 35.9 Å². The van der Waals surface area contributed by atoms with E-state index in [1.165, 1.54) is 23.5 Å². The quantitative estimate of drug-likeness (QED) is 0.609. The summed E-state index contributed by atoms with van der Waals surface area (Å²) in [6.45, 7) is 1.90. The smallest absolute Gasteiger partial charge is 0.242 e. The van der Waals surface area contributed by atoms with Gasteiger partial charge in [-0.1, -0.05) is 49.1 Å². The van der Waals surface area contributed by atoms with Crippen molar-refractivity contribution in [2.45, 2.75) is 64.1 Å². The predicted molar refractivity (Wildman–Crippen MR) is 123 cm³/mol. The van der Waals surface area contributed by atoms with E-state index < -0.39 is 11.9 Å². The highest BCUT2D eigenvalue weighted by molar-refractivity contribution is 6.31. The van der Waals surface area contributed by atoms with Gasteiger partial charge in [0.2, 0.25) is 11.8 Å². The molecule has 0 saturated heterocycles. The summed E-state index contributed by atoms with van der Waals surface area (Å²) >= 11 is 6.14. The van der Waals surface area contributed by atoms with E-state index in [0.29, 0.717) is 5.75 Å². The van der Waals surface area contributed by atoms with Crippen LogP contribution in [0.1, 0.15) is 50.2 Å². The molecule has 1 unspecified atom stereocenters. The topological polar surface area (TPSA) is 58.6 Å². The van der Waals surface area contributed by atoms with Crippen molar-refractivity contribution < 1.29 is 18.7 Å². The zero-order valence-electron chi connectivity index (χ0n) is 18.6. The van der Waals surface area contributed by atoms with Crippen LogP contribution in [0.4, 0.5) is 4.39 Å². The molecule has 1 saturated carbocycles. The zero-order valence-corrected chi connectivity index (χ0v) is 19.3. The highest BCUT2D eigenvalue weighted by Gasteiger charge is 2.29. The fourth-order valence-corrected chi connectivity index (χ4v) is 4.30. The molecule has 1 N–H and O–H groups in total. The van der Waals surface area contributed by atoms with Gasteiger partial charge in [-0.25, -0.2) is 4.39 Å². The summed E-state index contributed by atoms with van der Waals surface area (Å²) in [4.78, 5) is 27.8. The number of nitrogens with zero attached hydrogens (tertiary/aromatic N) is 1. The van der Waals surface area contributed by atoms with Gasteiger partial charge in [-0.15, -0.1) is 0 Å². The second-order valence-electron chi connectivity index (χ2n) is 8.27. The minimum absolute atomic E-state index is 0.133. The maximum absolute atomic E-state index is 14.3. The number of methoxy groups -OCH3 is 1. The highest BCUT2D eigenvalue weighted by Crippen LogP contribution is 2.23. The number of nitrogens with one attached hydrogen (secondary N) is 1. The standard InChI is InChI=1S/C25H30ClFN2O3/c1-17(25(31)28-19-9-4-3-5-10-19)29(16-18-8-6-11-20(14-18)32-2)24(30)15-21-22(26)12-7-13-23(21)27/h6-8,11-14,17,19H,3-5,9-10,15-16H2,1-2H3,(H,28,31). The fourth-order valence-electron chi connectivity index (χ4n) is 4.07. The molecule has 0 bridgehead atoms. The molecule has 2 amide bonds. The number of benzene rings is 2. The predicted octanol–water partition coefficient (Wildman–Crippen LogP) is 4.90. The Hall–Kier alpha value is -2.60. The van der Waals surface area contributed by atoms with Crippen molar-refractivity contribution in [3.8, 4) is 5.75 Å². The van der Waals surface area contributed by atoms with Crippen molar-refractivity contribution in [1.29, 1.82) is 0 Å². The Bertz CT molecular complexity index is 926. The number of ether oxygens (including phenoxy) is 1. The second kappa shape index (κ2) is 11.3. The maximum atomic E-state index is 14.3. The molecule has 0 radical (unpaired) electrons. The van der Waals surface area contributed by atoms with Crippen molar-refractivity contribution in [3.05, 3.63) is 64.4 Å². The summed E-state index contributed by atoms with van der Waals surface area (Å²) < 4.78 is 19.6. The Labute approximate surface area is 193 Å². The molecule has 3 rings (SSSR count). The molecule has 7 heteroatoms. The van der Waals surface area contributed by atoms with Crippen LogP contribution in [0.15, 0.2) is 42.5 Å². The molecule has 2 aromatic rings. The number of hydrogen-bond donors (Lipinski definition) is 1. The lowest BCUT2D eigenvalue weighted by molar-refractivity contribution is -0.140. The van der Waals surface area contributed by atoms with Gasteiger partial charge >= 0.3 is 0 Å². The Morgan fingerprint density at radius 1 is 1.19 bits per heavy atom. The lowest BCUT2D eigenvalue weighted by Gasteiger charge is -2.31. The average molecular weight is 461 g/mol. The van der Waals surface area contributed by atoms with E-state index >= 15 is 0 Å². The van der Waals surface area contributed by atoms with Crippen LogP contribution >= 0.6 is 11.6 Å². The molecule has 0 spiro atoms. The molecule has 0 heterocycles. The Kier molecular flexibility index (Phi) is 8.51. The van der Waals surface area contributed by atoms with E-state index in [4.69, 9.17) is 16.3 Å². The van der Waals surface area contributed by atoms with Gasteiger partial charge in [0.05, 0.1) is 13.5 Å². The third kappa shape index (κ3) is 6.22. The van der Waals surface area contributed by atoms with E-state index in [9.17, 15) is 14.0 Å². The normalized spacial score (nSPS) is 15.1. The molecule has 0 aromatic heterocycles. The molecule has 0 aliphatic heterocycles. The number of hydrogen-bond acceptors (Lipinski definition) is 3. The monoisotopic (exact) mass is 460 g/mol. The van der Waals surface area contributed by atoms with E-state index in [1.807, 2.05) is 24.3 Å². The van der Waals surface area contributed by atoms with E-state index in [0.717, 1.165) is 31.2 Å². The fraction of sp³-hybridized carbons (Fsp3) is 0.440. The van der Waals surface area contributed by atoms with Gasteiger partial charge in [0, 0.05) is 23.2 Å². The van der Waals surface area contributed by atoms with Gasteiger partial charge in [0.1, 0.15) is 17.6 Å². The van der Waals surface area contributed by atoms with Crippen LogP contribution in [0.2, 0.25) is 5.02 Å². The highest BCUT2D eigenvalue weighted by atomic mass is 35.5. The van der Waals surface area contributed by atoms with Crippen LogP contribution < -0.4 is 10.1 Å². The zero-order chi connectivity index (χ0) is 23.1. The van der Waals surface area contributed by atoms with Crippen LogP contribution in [-0.2, 0) is 22.6 Å². The van der Waals surface area contributed by atoms with Crippen molar-refractivity contribution in [1.82, 2.24) is 10.2 Å². The minimum Gasteiger partial charge on any atom is -0.497 e. The summed E-state index contributed by atoms with van der Waals surface area (Å²) in [6, 6.07) is 11.1. The summed E-state index contributed by atoms with van der Waals surface area (Å²) in [5.41, 5.74) is 0.948. The van der Waals surface area contributed by atoms with Crippen LogP contribution in [0.25, 0.3) is 0 Å². The average Bonchev–Trinajstić information content (AvgIpc) is 2.80. The third-order valence-electron chi connectivity index (χ3n) is 6.00. The largest absolute Gasteiger partial charge is 0.497 e. The summed E-state index contributed by atoms with van der Waals surface area (Å²) in [6.07, 6.45) is 5.05. The molecule has 1 fully saturated rings. The van der Waals surface area contributed by atoms with Crippen molar-refractivity contribution in [2.75, 3.05) is 7.11 Å². The molecular formula is C25H30ClFN2O3. The number of halogens is 2. The number of amides is 2. The SMILES string of the molecule is COc1cccc(CN(C(=O)Cc2c(F)cccc2Cl)C(C)C(=O)NC2CCCCC2)c1. The van der Waals surface area contributed by atoms with Crippen LogP contribution in [0.3, 0.4) is 0 Å². The van der Waals surface area contributed by atoms with Crippen LogP contribution in [0.5, 0.6) is 5.75 Å². The van der Waals surface area contributed by atoms with Gasteiger partial charge in [-0.05, 0) is 49.6 Å². The first-order valence-electron chi connectivity index (χ1n) is 11.0. The molecule has 1 atom stereocenters. The van der Waals surface area contributed by atoms with E-state index in [1.54, 1.807) is 20.1 Å². The molecule has 1 aliphatic rings. The van der Waals surface area contributed by atoms with Gasteiger partial charge in [-0.2, -0.15) is 0 Å². The summed E-state index contributed by atoms with van der Waals surface area (Å²) in [7, 11) is 1.57.